The fourth-order valence-corrected chi connectivity index (χ4v) is 2.47. The normalized spacial score (nSPS) is 47.1. The third-order valence-electron chi connectivity index (χ3n) is 3.28. The fraction of sp³-hybridized carbons (Fsp3) is 0.889. The largest absolute Gasteiger partial charge is 0.479 e. The number of ether oxygens (including phenoxy) is 3. The van der Waals surface area contributed by atoms with Crippen LogP contribution in [0.5, 0.6) is 0 Å². The van der Waals surface area contributed by atoms with Crippen LogP contribution in [-0.2, 0) is 19.0 Å². The van der Waals surface area contributed by atoms with Crippen LogP contribution in [0.25, 0.3) is 0 Å². The second-order valence-electron chi connectivity index (χ2n) is 4.29. The van der Waals surface area contributed by atoms with Crippen molar-refractivity contribution in [3.63, 3.8) is 0 Å². The molecular formula is C9H14O6. The Bertz CT molecular complexity index is 301. The van der Waals surface area contributed by atoms with Crippen molar-refractivity contribution in [2.75, 3.05) is 7.11 Å². The SMILES string of the molecule is CO[C@@]12[C@H](O)O[C@H](C(=O)O)[C@H]1OC2(C)C. The molecule has 2 N–H and O–H groups in total. The van der Waals surface area contributed by atoms with Gasteiger partial charge in [0.25, 0.3) is 0 Å². The molecule has 0 aliphatic carbocycles. The molecule has 2 rings (SSSR count). The zero-order valence-electron chi connectivity index (χ0n) is 8.76. The third kappa shape index (κ3) is 1.05. The number of aliphatic hydroxyl groups excluding tert-OH is 1. The van der Waals surface area contributed by atoms with Crippen molar-refractivity contribution < 1.29 is 29.2 Å². The Hall–Kier alpha value is -0.690. The summed E-state index contributed by atoms with van der Waals surface area (Å²) in [4.78, 5) is 10.8. The first-order valence-corrected chi connectivity index (χ1v) is 4.66. The summed E-state index contributed by atoms with van der Waals surface area (Å²) >= 11 is 0. The van der Waals surface area contributed by atoms with Crippen molar-refractivity contribution in [1.82, 2.24) is 0 Å². The van der Waals surface area contributed by atoms with E-state index in [1.54, 1.807) is 13.8 Å². The summed E-state index contributed by atoms with van der Waals surface area (Å²) in [6, 6.07) is 0. The summed E-state index contributed by atoms with van der Waals surface area (Å²) in [7, 11) is 1.41. The molecule has 0 unspecified atom stereocenters. The van der Waals surface area contributed by atoms with Gasteiger partial charge in [0.15, 0.2) is 18.0 Å². The standard InChI is InChI=1S/C9H14O6/c1-8(2)9(13-3)5(15-8)4(6(10)11)14-7(9)12/h4-5,7,12H,1-3H3,(H,10,11)/t4-,5+,7+,9+/m0/s1. The number of carboxylic acids is 1. The molecule has 0 radical (unpaired) electrons. The summed E-state index contributed by atoms with van der Waals surface area (Å²) in [6.07, 6.45) is -3.21. The predicted molar refractivity (Wildman–Crippen MR) is 47.2 cm³/mol. The Balaban J connectivity index is 2.33. The summed E-state index contributed by atoms with van der Waals surface area (Å²) in [5.41, 5.74) is -1.84. The Kier molecular flexibility index (Phi) is 2.10. The lowest BCUT2D eigenvalue weighted by atomic mass is 9.73. The first-order valence-electron chi connectivity index (χ1n) is 4.66. The first kappa shape index (κ1) is 10.8. The quantitative estimate of drug-likeness (QED) is 0.640. The maximum absolute atomic E-state index is 10.8. The molecule has 0 saturated carbocycles. The molecule has 2 aliphatic heterocycles. The van der Waals surface area contributed by atoms with E-state index < -0.39 is 35.7 Å². The highest BCUT2D eigenvalue weighted by atomic mass is 16.7. The molecule has 86 valence electrons. The number of carbonyl (C=O) groups is 1. The lowest BCUT2D eigenvalue weighted by Crippen LogP contribution is -2.76. The molecule has 6 nitrogen and oxygen atoms in total. The summed E-state index contributed by atoms with van der Waals surface area (Å²) in [5.74, 6) is -1.16. The zero-order chi connectivity index (χ0) is 11.4. The van der Waals surface area contributed by atoms with Crippen molar-refractivity contribution in [3.8, 4) is 0 Å². The van der Waals surface area contributed by atoms with Crippen molar-refractivity contribution in [2.45, 2.75) is 43.5 Å². The smallest absolute Gasteiger partial charge is 0.335 e. The van der Waals surface area contributed by atoms with Crippen LogP contribution >= 0.6 is 0 Å². The molecule has 0 aromatic carbocycles. The van der Waals surface area contributed by atoms with E-state index in [0.717, 1.165) is 0 Å². The van der Waals surface area contributed by atoms with Crippen LogP contribution in [0.1, 0.15) is 13.8 Å². The average Bonchev–Trinajstić information content (AvgIpc) is 2.35. The first-order chi connectivity index (χ1) is 6.87. The molecule has 0 bridgehead atoms. The Morgan fingerprint density at radius 2 is 2.07 bits per heavy atom. The second-order valence-corrected chi connectivity index (χ2v) is 4.29. The second kappa shape index (κ2) is 2.91. The van der Waals surface area contributed by atoms with Gasteiger partial charge in [-0.1, -0.05) is 0 Å². The molecule has 2 fully saturated rings. The number of methoxy groups -OCH3 is 1. The molecule has 15 heavy (non-hydrogen) atoms. The number of rotatable bonds is 2. The van der Waals surface area contributed by atoms with Crippen LogP contribution in [0, 0.1) is 0 Å². The van der Waals surface area contributed by atoms with Gasteiger partial charge in [-0.25, -0.2) is 4.79 Å². The number of aliphatic hydroxyl groups is 1. The molecule has 0 spiro atoms. The topological polar surface area (TPSA) is 85.2 Å². The fourth-order valence-electron chi connectivity index (χ4n) is 2.47. The molecule has 4 atom stereocenters. The van der Waals surface area contributed by atoms with Gasteiger partial charge < -0.3 is 24.4 Å². The number of fused-ring (bicyclic) bond motifs is 1. The molecular weight excluding hydrogens is 204 g/mol. The van der Waals surface area contributed by atoms with Gasteiger partial charge in [0.05, 0.1) is 5.60 Å². The lowest BCUT2D eigenvalue weighted by molar-refractivity contribution is -0.359. The molecule has 0 aromatic rings. The molecule has 2 heterocycles. The van der Waals surface area contributed by atoms with Gasteiger partial charge in [-0.15, -0.1) is 0 Å². The van der Waals surface area contributed by atoms with Crippen molar-refractivity contribution in [2.24, 2.45) is 0 Å². The maximum atomic E-state index is 10.8. The van der Waals surface area contributed by atoms with Crippen LogP contribution in [0.4, 0.5) is 0 Å². The highest BCUT2D eigenvalue weighted by Crippen LogP contribution is 2.53. The van der Waals surface area contributed by atoms with Crippen LogP contribution < -0.4 is 0 Å². The summed E-state index contributed by atoms with van der Waals surface area (Å²) in [5, 5.41) is 18.6. The van der Waals surface area contributed by atoms with E-state index in [1.807, 2.05) is 0 Å². The molecule has 6 heteroatoms. The lowest BCUT2D eigenvalue weighted by Gasteiger charge is -2.56. The maximum Gasteiger partial charge on any atom is 0.335 e. The summed E-state index contributed by atoms with van der Waals surface area (Å²) in [6.45, 7) is 3.45. The van der Waals surface area contributed by atoms with E-state index in [9.17, 15) is 9.90 Å². The predicted octanol–water partition coefficient (Wildman–Crippen LogP) is -0.649. The van der Waals surface area contributed by atoms with Gasteiger partial charge in [-0.2, -0.15) is 0 Å². The van der Waals surface area contributed by atoms with Crippen molar-refractivity contribution in [1.29, 1.82) is 0 Å². The Labute approximate surface area is 86.7 Å². The van der Waals surface area contributed by atoms with Crippen LogP contribution in [-0.4, -0.2) is 53.0 Å². The van der Waals surface area contributed by atoms with E-state index in [0.29, 0.717) is 0 Å². The van der Waals surface area contributed by atoms with Crippen LogP contribution in [0.3, 0.4) is 0 Å². The van der Waals surface area contributed by atoms with Gasteiger partial charge in [0.1, 0.15) is 6.10 Å². The number of hydrogen-bond acceptors (Lipinski definition) is 5. The van der Waals surface area contributed by atoms with Crippen LogP contribution in [0.15, 0.2) is 0 Å². The van der Waals surface area contributed by atoms with E-state index in [2.05, 4.69) is 0 Å². The number of aliphatic carboxylic acids is 1. The average molecular weight is 218 g/mol. The minimum absolute atomic E-state index is 0.754. The molecule has 0 amide bonds. The van der Waals surface area contributed by atoms with Gasteiger partial charge in [-0.3, -0.25) is 0 Å². The van der Waals surface area contributed by atoms with E-state index >= 15 is 0 Å². The van der Waals surface area contributed by atoms with Crippen molar-refractivity contribution in [3.05, 3.63) is 0 Å². The number of carboxylic acid groups (broad SMARTS) is 1. The number of hydrogen-bond donors (Lipinski definition) is 2. The van der Waals surface area contributed by atoms with Crippen molar-refractivity contribution >= 4 is 5.97 Å². The Morgan fingerprint density at radius 3 is 2.40 bits per heavy atom. The van der Waals surface area contributed by atoms with Gasteiger partial charge >= 0.3 is 5.97 Å². The van der Waals surface area contributed by atoms with Crippen LogP contribution in [0.2, 0.25) is 0 Å². The Morgan fingerprint density at radius 1 is 1.47 bits per heavy atom. The minimum atomic E-state index is -1.28. The van der Waals surface area contributed by atoms with Gasteiger partial charge in [0.2, 0.25) is 0 Å². The molecule has 0 aromatic heterocycles. The highest BCUT2D eigenvalue weighted by molar-refractivity contribution is 5.74. The van der Waals surface area contributed by atoms with E-state index in [4.69, 9.17) is 19.3 Å². The van der Waals surface area contributed by atoms with Gasteiger partial charge in [-0.05, 0) is 13.8 Å². The van der Waals surface area contributed by atoms with E-state index in [1.165, 1.54) is 7.11 Å². The third-order valence-corrected chi connectivity index (χ3v) is 3.28. The monoisotopic (exact) mass is 218 g/mol. The highest BCUT2D eigenvalue weighted by Gasteiger charge is 2.75. The zero-order valence-corrected chi connectivity index (χ0v) is 8.76. The van der Waals surface area contributed by atoms with E-state index in [-0.39, 0.29) is 0 Å². The minimum Gasteiger partial charge on any atom is -0.479 e. The van der Waals surface area contributed by atoms with Gasteiger partial charge in [0, 0.05) is 7.11 Å². The molecule has 2 aliphatic rings. The molecule has 2 saturated heterocycles. The summed E-state index contributed by atoms with van der Waals surface area (Å²) < 4.78 is 15.6.